The summed E-state index contributed by atoms with van der Waals surface area (Å²) in [4.78, 5) is 22.8. The second-order valence-corrected chi connectivity index (χ2v) is 5.01. The molecule has 4 nitrogen and oxygen atoms in total. The lowest BCUT2D eigenvalue weighted by Gasteiger charge is -2.29. The van der Waals surface area contributed by atoms with E-state index in [9.17, 15) is 40.3 Å². The summed E-state index contributed by atoms with van der Waals surface area (Å²) in [6.45, 7) is 4.00. The first kappa shape index (κ1) is 21.4. The molecule has 0 saturated heterocycles. The van der Waals surface area contributed by atoms with Crippen molar-refractivity contribution in [2.75, 3.05) is 6.61 Å². The maximum Gasteiger partial charge on any atom is 0.460 e. The fourth-order valence-electron chi connectivity index (χ4n) is 1.34. The number of nitrogens with one attached hydrogen (secondary N) is 1. The standard InChI is InChI=1S/C12H16F7NO3/c1-4-5-23-8(21)7(6(2)3)20-9(22)10(13,14)11(15,16)12(17,18)19/h6-7H,4-5H2,1-3H3,(H,20,22)/t7-/m0/s1. The number of rotatable bonds is 7. The summed E-state index contributed by atoms with van der Waals surface area (Å²) in [7, 11) is 0. The largest absolute Gasteiger partial charge is 0.464 e. The van der Waals surface area contributed by atoms with E-state index in [0.717, 1.165) is 0 Å². The third-order valence-electron chi connectivity index (χ3n) is 2.69. The van der Waals surface area contributed by atoms with Crippen LogP contribution in [0.15, 0.2) is 0 Å². The monoisotopic (exact) mass is 355 g/mol. The van der Waals surface area contributed by atoms with Crippen molar-refractivity contribution >= 4 is 11.9 Å². The Kier molecular flexibility index (Phi) is 6.85. The summed E-state index contributed by atoms with van der Waals surface area (Å²) in [5.74, 6) is -17.7. The molecule has 0 aliphatic rings. The van der Waals surface area contributed by atoms with Gasteiger partial charge in [-0.1, -0.05) is 20.8 Å². The average Bonchev–Trinajstić information content (AvgIpc) is 2.39. The number of esters is 1. The van der Waals surface area contributed by atoms with Crippen molar-refractivity contribution in [3.63, 3.8) is 0 Å². The van der Waals surface area contributed by atoms with E-state index in [1.807, 2.05) is 0 Å². The van der Waals surface area contributed by atoms with Gasteiger partial charge in [0.05, 0.1) is 6.61 Å². The van der Waals surface area contributed by atoms with Crippen molar-refractivity contribution in [2.45, 2.75) is 51.3 Å². The van der Waals surface area contributed by atoms with Gasteiger partial charge in [-0.25, -0.2) is 4.79 Å². The molecule has 0 radical (unpaired) electrons. The van der Waals surface area contributed by atoms with E-state index in [2.05, 4.69) is 4.74 Å². The fourth-order valence-corrected chi connectivity index (χ4v) is 1.34. The molecule has 0 bridgehead atoms. The number of ether oxygens (including phenoxy) is 1. The van der Waals surface area contributed by atoms with Gasteiger partial charge in [-0.3, -0.25) is 4.79 Å². The van der Waals surface area contributed by atoms with Crippen LogP contribution in [0, 0.1) is 5.92 Å². The lowest BCUT2D eigenvalue weighted by molar-refractivity contribution is -0.344. The number of carbonyl (C=O) groups is 2. The lowest BCUT2D eigenvalue weighted by Crippen LogP contribution is -2.62. The van der Waals surface area contributed by atoms with Crippen LogP contribution < -0.4 is 5.32 Å². The zero-order chi connectivity index (χ0) is 18.6. The molecule has 0 saturated carbocycles. The number of hydrogen-bond donors (Lipinski definition) is 1. The van der Waals surface area contributed by atoms with Gasteiger partial charge in [0, 0.05) is 0 Å². The van der Waals surface area contributed by atoms with E-state index < -0.39 is 41.9 Å². The molecule has 0 aromatic heterocycles. The Morgan fingerprint density at radius 3 is 1.87 bits per heavy atom. The second-order valence-electron chi connectivity index (χ2n) is 5.01. The first-order valence-electron chi connectivity index (χ1n) is 6.50. The molecule has 0 spiro atoms. The molecule has 136 valence electrons. The van der Waals surface area contributed by atoms with Crippen molar-refractivity contribution in [1.29, 1.82) is 0 Å². The quantitative estimate of drug-likeness (QED) is 0.564. The highest BCUT2D eigenvalue weighted by molar-refractivity contribution is 5.89. The Hall–Kier alpha value is -1.55. The summed E-state index contributed by atoms with van der Waals surface area (Å²) in [5, 5.41) is 1.20. The molecule has 1 atom stereocenters. The number of alkyl halides is 7. The molecule has 1 N–H and O–H groups in total. The molecule has 0 unspecified atom stereocenters. The first-order valence-corrected chi connectivity index (χ1v) is 6.50. The second kappa shape index (κ2) is 7.35. The number of halogens is 7. The van der Waals surface area contributed by atoms with Gasteiger partial charge in [0.25, 0.3) is 5.91 Å². The van der Waals surface area contributed by atoms with E-state index >= 15 is 0 Å². The molecule has 0 heterocycles. The lowest BCUT2D eigenvalue weighted by atomic mass is 10.0. The molecular weight excluding hydrogens is 339 g/mol. The summed E-state index contributed by atoms with van der Waals surface area (Å²) in [5.41, 5.74) is 0. The molecule has 0 rings (SSSR count). The summed E-state index contributed by atoms with van der Waals surface area (Å²) in [6, 6.07) is -1.79. The normalized spacial score (nSPS) is 14.6. The number of hydrogen-bond acceptors (Lipinski definition) is 3. The first-order chi connectivity index (χ1) is 10.2. The fraction of sp³-hybridized carbons (Fsp3) is 0.833. The van der Waals surface area contributed by atoms with Gasteiger partial charge in [-0.05, 0) is 12.3 Å². The Labute approximate surface area is 127 Å². The van der Waals surface area contributed by atoms with Crippen molar-refractivity contribution in [3.05, 3.63) is 0 Å². The third kappa shape index (κ3) is 4.71. The van der Waals surface area contributed by atoms with E-state index in [4.69, 9.17) is 0 Å². The highest BCUT2D eigenvalue weighted by Crippen LogP contribution is 2.46. The van der Waals surface area contributed by atoms with Gasteiger partial charge in [-0.2, -0.15) is 30.7 Å². The van der Waals surface area contributed by atoms with Gasteiger partial charge in [0.2, 0.25) is 0 Å². The maximum absolute atomic E-state index is 13.2. The van der Waals surface area contributed by atoms with E-state index in [1.165, 1.54) is 19.2 Å². The minimum absolute atomic E-state index is 0.132. The van der Waals surface area contributed by atoms with Crippen LogP contribution in [-0.4, -0.2) is 42.5 Å². The molecular formula is C12H16F7NO3. The van der Waals surface area contributed by atoms with Crippen molar-refractivity contribution in [3.8, 4) is 0 Å². The van der Waals surface area contributed by atoms with Crippen LogP contribution in [0.2, 0.25) is 0 Å². The highest BCUT2D eigenvalue weighted by Gasteiger charge is 2.76. The van der Waals surface area contributed by atoms with Crippen LogP contribution >= 0.6 is 0 Å². The van der Waals surface area contributed by atoms with Crippen LogP contribution in [0.5, 0.6) is 0 Å². The van der Waals surface area contributed by atoms with Gasteiger partial charge in [0.15, 0.2) is 0 Å². The topological polar surface area (TPSA) is 55.4 Å². The van der Waals surface area contributed by atoms with E-state index in [0.29, 0.717) is 6.42 Å². The number of carbonyl (C=O) groups excluding carboxylic acids is 2. The van der Waals surface area contributed by atoms with Gasteiger partial charge in [0.1, 0.15) is 6.04 Å². The van der Waals surface area contributed by atoms with E-state index in [-0.39, 0.29) is 6.61 Å². The Morgan fingerprint density at radius 2 is 1.52 bits per heavy atom. The Balaban J connectivity index is 5.31. The summed E-state index contributed by atoms with van der Waals surface area (Å²) in [6.07, 6.45) is -6.28. The highest BCUT2D eigenvalue weighted by atomic mass is 19.4. The molecule has 11 heteroatoms. The summed E-state index contributed by atoms with van der Waals surface area (Å²) < 4.78 is 92.5. The smallest absolute Gasteiger partial charge is 0.460 e. The zero-order valence-corrected chi connectivity index (χ0v) is 12.4. The zero-order valence-electron chi connectivity index (χ0n) is 12.4. The molecule has 0 aliphatic heterocycles. The summed E-state index contributed by atoms with van der Waals surface area (Å²) >= 11 is 0. The molecule has 0 fully saturated rings. The van der Waals surface area contributed by atoms with Crippen LogP contribution in [0.3, 0.4) is 0 Å². The van der Waals surface area contributed by atoms with E-state index in [1.54, 1.807) is 6.92 Å². The predicted molar refractivity (Wildman–Crippen MR) is 64.0 cm³/mol. The molecule has 1 amide bonds. The molecule has 0 aliphatic carbocycles. The van der Waals surface area contributed by atoms with Crippen LogP contribution in [-0.2, 0) is 14.3 Å². The van der Waals surface area contributed by atoms with Crippen molar-refractivity contribution < 1.29 is 45.1 Å². The van der Waals surface area contributed by atoms with Gasteiger partial charge in [-0.15, -0.1) is 0 Å². The van der Waals surface area contributed by atoms with Crippen molar-refractivity contribution in [1.82, 2.24) is 5.32 Å². The average molecular weight is 355 g/mol. The molecule has 0 aromatic rings. The SMILES string of the molecule is CCCOC(=O)[C@@H](NC(=O)C(F)(F)C(F)(F)C(F)(F)F)C(C)C. The Morgan fingerprint density at radius 1 is 1.04 bits per heavy atom. The third-order valence-corrected chi connectivity index (χ3v) is 2.69. The Bertz CT molecular complexity index is 435. The maximum atomic E-state index is 13.2. The van der Waals surface area contributed by atoms with Crippen LogP contribution in [0.1, 0.15) is 27.2 Å². The van der Waals surface area contributed by atoms with Gasteiger partial charge >= 0.3 is 24.0 Å². The van der Waals surface area contributed by atoms with Crippen molar-refractivity contribution in [2.24, 2.45) is 5.92 Å². The number of amides is 1. The predicted octanol–water partition coefficient (Wildman–Crippen LogP) is 2.91. The van der Waals surface area contributed by atoms with Crippen LogP contribution in [0.4, 0.5) is 30.7 Å². The molecule has 0 aromatic carbocycles. The minimum atomic E-state index is -6.64. The van der Waals surface area contributed by atoms with Gasteiger partial charge < -0.3 is 10.1 Å². The molecule has 23 heavy (non-hydrogen) atoms. The van der Waals surface area contributed by atoms with Crippen LogP contribution in [0.25, 0.3) is 0 Å². The minimum Gasteiger partial charge on any atom is -0.464 e.